The number of amides is 1. The molecular formula is C14H13ClN2O. The maximum atomic E-state index is 11.9. The van der Waals surface area contributed by atoms with E-state index in [-0.39, 0.29) is 5.91 Å². The summed E-state index contributed by atoms with van der Waals surface area (Å²) >= 11 is 6.11. The van der Waals surface area contributed by atoms with Gasteiger partial charge in [0, 0.05) is 5.69 Å². The summed E-state index contributed by atoms with van der Waals surface area (Å²) in [5, 5.41) is 1.98. The van der Waals surface area contributed by atoms with Crippen LogP contribution in [0.3, 0.4) is 0 Å². The third kappa shape index (κ3) is 3.08. The van der Waals surface area contributed by atoms with Crippen molar-refractivity contribution in [2.45, 2.75) is 12.3 Å². The van der Waals surface area contributed by atoms with Crippen molar-refractivity contribution < 1.29 is 4.79 Å². The van der Waals surface area contributed by atoms with Crippen molar-refractivity contribution in [1.29, 1.82) is 0 Å². The zero-order valence-electron chi connectivity index (χ0n) is 9.93. The van der Waals surface area contributed by atoms with Crippen LogP contribution in [0.2, 0.25) is 0 Å². The van der Waals surface area contributed by atoms with Gasteiger partial charge in [-0.05, 0) is 24.6 Å². The summed E-state index contributed by atoms with van der Waals surface area (Å²) < 4.78 is 0. The number of halogens is 1. The van der Waals surface area contributed by atoms with Crippen molar-refractivity contribution in [3.8, 4) is 0 Å². The molecule has 2 rings (SSSR count). The third-order valence-corrected chi connectivity index (χ3v) is 2.91. The van der Waals surface area contributed by atoms with E-state index in [9.17, 15) is 4.79 Å². The lowest BCUT2D eigenvalue weighted by atomic mass is 10.1. The van der Waals surface area contributed by atoms with Gasteiger partial charge < -0.3 is 5.32 Å². The smallest absolute Gasteiger partial charge is 0.248 e. The number of carbonyl (C=O) groups excluding carboxylic acids is 1. The summed E-state index contributed by atoms with van der Waals surface area (Å²) in [4.78, 5) is 16.1. The number of rotatable bonds is 3. The normalized spacial score (nSPS) is 11.9. The second-order valence-corrected chi connectivity index (χ2v) is 4.36. The number of benzene rings is 1. The molecule has 0 bridgehead atoms. The molecule has 1 heterocycles. The zero-order valence-corrected chi connectivity index (χ0v) is 10.7. The second-order valence-electron chi connectivity index (χ2n) is 3.93. The predicted molar refractivity (Wildman–Crippen MR) is 72.6 cm³/mol. The predicted octanol–water partition coefficient (Wildman–Crippen LogP) is 3.31. The average molecular weight is 261 g/mol. The van der Waals surface area contributed by atoms with Crippen LogP contribution >= 0.6 is 11.6 Å². The number of nitrogens with zero attached hydrogens (tertiary/aromatic N) is 1. The van der Waals surface area contributed by atoms with Crippen LogP contribution in [-0.4, -0.2) is 10.9 Å². The summed E-state index contributed by atoms with van der Waals surface area (Å²) in [5.74, 6) is 0.238. The van der Waals surface area contributed by atoms with E-state index in [2.05, 4.69) is 10.3 Å². The molecule has 0 saturated carbocycles. The fraction of sp³-hybridized carbons (Fsp3) is 0.143. The highest BCUT2D eigenvalue weighted by atomic mass is 35.5. The number of hydrogen-bond donors (Lipinski definition) is 1. The lowest BCUT2D eigenvalue weighted by Gasteiger charge is -2.10. The summed E-state index contributed by atoms with van der Waals surface area (Å²) in [5.41, 5.74) is 1.61. The first-order valence-electron chi connectivity index (χ1n) is 5.60. The number of alkyl halides is 1. The minimum atomic E-state index is -0.714. The first-order chi connectivity index (χ1) is 8.66. The Bertz CT molecular complexity index is 543. The molecular weight excluding hydrogens is 248 g/mol. The van der Waals surface area contributed by atoms with Gasteiger partial charge in [0.05, 0.1) is 0 Å². The SMILES string of the molecule is Cc1cccc(NC(=O)[C@@H](Cl)c2ccccc2)n1. The van der Waals surface area contributed by atoms with Gasteiger partial charge in [0.15, 0.2) is 0 Å². The molecule has 0 saturated heterocycles. The van der Waals surface area contributed by atoms with Crippen molar-refractivity contribution in [2.75, 3.05) is 5.32 Å². The molecule has 1 aromatic carbocycles. The maximum absolute atomic E-state index is 11.9. The Morgan fingerprint density at radius 2 is 1.89 bits per heavy atom. The van der Waals surface area contributed by atoms with Gasteiger partial charge in [-0.25, -0.2) is 4.98 Å². The Kier molecular flexibility index (Phi) is 3.95. The summed E-state index contributed by atoms with van der Waals surface area (Å²) in [7, 11) is 0. The van der Waals surface area contributed by atoms with Gasteiger partial charge in [0.25, 0.3) is 0 Å². The van der Waals surface area contributed by atoms with Crippen LogP contribution in [0.1, 0.15) is 16.6 Å². The van der Waals surface area contributed by atoms with Crippen LogP contribution < -0.4 is 5.32 Å². The summed E-state index contributed by atoms with van der Waals surface area (Å²) in [6, 6.07) is 14.7. The highest BCUT2D eigenvalue weighted by molar-refractivity contribution is 6.32. The minimum absolute atomic E-state index is 0.277. The van der Waals surface area contributed by atoms with Crippen LogP contribution in [0.15, 0.2) is 48.5 Å². The van der Waals surface area contributed by atoms with E-state index in [1.54, 1.807) is 6.07 Å². The zero-order chi connectivity index (χ0) is 13.0. The minimum Gasteiger partial charge on any atom is -0.309 e. The van der Waals surface area contributed by atoms with Gasteiger partial charge in [-0.15, -0.1) is 11.6 Å². The van der Waals surface area contributed by atoms with Crippen molar-refractivity contribution >= 4 is 23.3 Å². The largest absolute Gasteiger partial charge is 0.309 e. The highest BCUT2D eigenvalue weighted by Crippen LogP contribution is 2.21. The molecule has 1 amide bonds. The number of anilines is 1. The Morgan fingerprint density at radius 3 is 2.56 bits per heavy atom. The highest BCUT2D eigenvalue weighted by Gasteiger charge is 2.17. The van der Waals surface area contributed by atoms with Crippen LogP contribution in [-0.2, 0) is 4.79 Å². The topological polar surface area (TPSA) is 42.0 Å². The molecule has 18 heavy (non-hydrogen) atoms. The molecule has 0 radical (unpaired) electrons. The van der Waals surface area contributed by atoms with Gasteiger partial charge in [-0.1, -0.05) is 36.4 Å². The summed E-state index contributed by atoms with van der Waals surface area (Å²) in [6.07, 6.45) is 0. The van der Waals surface area contributed by atoms with Crippen LogP contribution in [0.25, 0.3) is 0 Å². The molecule has 1 atom stereocenters. The van der Waals surface area contributed by atoms with E-state index in [0.29, 0.717) is 5.82 Å². The van der Waals surface area contributed by atoms with Crippen molar-refractivity contribution in [3.63, 3.8) is 0 Å². The van der Waals surface area contributed by atoms with Crippen LogP contribution in [0.4, 0.5) is 5.82 Å². The molecule has 0 aliphatic rings. The number of aryl methyl sites for hydroxylation is 1. The lowest BCUT2D eigenvalue weighted by Crippen LogP contribution is -2.18. The van der Waals surface area contributed by atoms with Gasteiger partial charge >= 0.3 is 0 Å². The molecule has 0 unspecified atom stereocenters. The Morgan fingerprint density at radius 1 is 1.17 bits per heavy atom. The van der Waals surface area contributed by atoms with Crippen molar-refractivity contribution in [1.82, 2.24) is 4.98 Å². The monoisotopic (exact) mass is 260 g/mol. The van der Waals surface area contributed by atoms with E-state index in [0.717, 1.165) is 11.3 Å². The molecule has 0 fully saturated rings. The molecule has 0 aliphatic heterocycles. The maximum Gasteiger partial charge on any atom is 0.248 e. The second kappa shape index (κ2) is 5.65. The van der Waals surface area contributed by atoms with Gasteiger partial charge in [0.2, 0.25) is 5.91 Å². The average Bonchev–Trinajstić information content (AvgIpc) is 2.39. The van der Waals surface area contributed by atoms with E-state index in [1.807, 2.05) is 49.4 Å². The molecule has 4 heteroatoms. The molecule has 1 N–H and O–H groups in total. The van der Waals surface area contributed by atoms with E-state index >= 15 is 0 Å². The standard InChI is InChI=1S/C14H13ClN2O/c1-10-6-5-9-12(16-10)17-14(18)13(15)11-7-3-2-4-8-11/h2-9,13H,1H3,(H,16,17,18)/t13-/m0/s1. The molecule has 0 spiro atoms. The molecule has 3 nitrogen and oxygen atoms in total. The van der Waals surface area contributed by atoms with Gasteiger partial charge in [0.1, 0.15) is 11.2 Å². The van der Waals surface area contributed by atoms with E-state index < -0.39 is 5.38 Å². The fourth-order valence-corrected chi connectivity index (χ4v) is 1.78. The number of nitrogens with one attached hydrogen (secondary N) is 1. The molecule has 92 valence electrons. The number of pyridine rings is 1. The Labute approximate surface area is 111 Å². The van der Waals surface area contributed by atoms with Crippen LogP contribution in [0, 0.1) is 6.92 Å². The molecule has 2 aromatic rings. The molecule has 1 aromatic heterocycles. The Balaban J connectivity index is 2.09. The van der Waals surface area contributed by atoms with E-state index in [1.165, 1.54) is 0 Å². The first-order valence-corrected chi connectivity index (χ1v) is 6.04. The number of aromatic nitrogens is 1. The fourth-order valence-electron chi connectivity index (χ4n) is 1.58. The third-order valence-electron chi connectivity index (χ3n) is 2.46. The van der Waals surface area contributed by atoms with Crippen molar-refractivity contribution in [2.24, 2.45) is 0 Å². The van der Waals surface area contributed by atoms with Crippen molar-refractivity contribution in [3.05, 3.63) is 59.8 Å². The Hall–Kier alpha value is -1.87. The lowest BCUT2D eigenvalue weighted by molar-refractivity contribution is -0.116. The summed E-state index contributed by atoms with van der Waals surface area (Å²) in [6.45, 7) is 1.87. The van der Waals surface area contributed by atoms with Gasteiger partial charge in [-0.3, -0.25) is 4.79 Å². The quantitative estimate of drug-likeness (QED) is 0.861. The number of hydrogen-bond acceptors (Lipinski definition) is 2. The number of carbonyl (C=O) groups is 1. The molecule has 0 aliphatic carbocycles. The van der Waals surface area contributed by atoms with Crippen LogP contribution in [0.5, 0.6) is 0 Å². The van der Waals surface area contributed by atoms with E-state index in [4.69, 9.17) is 11.6 Å². The van der Waals surface area contributed by atoms with Gasteiger partial charge in [-0.2, -0.15) is 0 Å². The first kappa shape index (κ1) is 12.6.